The molecule has 0 amide bonds. The van der Waals surface area contributed by atoms with Crippen LogP contribution in [0.4, 0.5) is 0 Å². The zero-order valence-corrected chi connectivity index (χ0v) is 4.46. The summed E-state index contributed by atoms with van der Waals surface area (Å²) in [5, 5.41) is 8.31. The largest absolute Gasteiger partial charge is 0.494 e. The number of hydrogen-bond donors (Lipinski definition) is 2. The van der Waals surface area contributed by atoms with Crippen molar-refractivity contribution >= 4 is 6.21 Å². The van der Waals surface area contributed by atoms with E-state index >= 15 is 0 Å². The SMILES string of the molecule is C=C(N)/C=N\C(=C)O. The second-order valence-electron chi connectivity index (χ2n) is 1.25. The Labute approximate surface area is 47.8 Å². The molecule has 0 unspecified atom stereocenters. The fourth-order valence-corrected chi connectivity index (χ4v) is 0.157. The summed E-state index contributed by atoms with van der Waals surface area (Å²) in [7, 11) is 0. The van der Waals surface area contributed by atoms with Gasteiger partial charge in [0.15, 0.2) is 0 Å². The van der Waals surface area contributed by atoms with E-state index in [0.717, 1.165) is 0 Å². The maximum Gasteiger partial charge on any atom is 0.203 e. The summed E-state index contributed by atoms with van der Waals surface area (Å²) in [6.45, 7) is 6.39. The zero-order chi connectivity index (χ0) is 6.57. The maximum absolute atomic E-state index is 8.31. The Balaban J connectivity index is 3.67. The average molecular weight is 112 g/mol. The summed E-state index contributed by atoms with van der Waals surface area (Å²) < 4.78 is 0. The topological polar surface area (TPSA) is 58.6 Å². The van der Waals surface area contributed by atoms with E-state index in [4.69, 9.17) is 10.8 Å². The Morgan fingerprint density at radius 1 is 1.62 bits per heavy atom. The molecule has 0 spiro atoms. The van der Waals surface area contributed by atoms with Gasteiger partial charge in [-0.2, -0.15) is 0 Å². The van der Waals surface area contributed by atoms with Gasteiger partial charge in [-0.25, -0.2) is 4.99 Å². The molecule has 0 aliphatic carbocycles. The molecule has 3 N–H and O–H groups in total. The van der Waals surface area contributed by atoms with Crippen LogP contribution in [0.5, 0.6) is 0 Å². The molecule has 0 radical (unpaired) electrons. The number of aliphatic hydroxyl groups is 1. The van der Waals surface area contributed by atoms with Gasteiger partial charge in [0, 0.05) is 5.70 Å². The van der Waals surface area contributed by atoms with Crippen molar-refractivity contribution in [3.8, 4) is 0 Å². The quantitative estimate of drug-likeness (QED) is 0.405. The van der Waals surface area contributed by atoms with Gasteiger partial charge in [-0.05, 0) is 6.58 Å². The van der Waals surface area contributed by atoms with Crippen LogP contribution in [0, 0.1) is 0 Å². The van der Waals surface area contributed by atoms with Crippen LogP contribution in [0.15, 0.2) is 29.7 Å². The Bertz CT molecular complexity index is 121. The molecule has 3 nitrogen and oxygen atoms in total. The fraction of sp³-hybridized carbons (Fsp3) is 0. The molecule has 0 atom stereocenters. The zero-order valence-electron chi connectivity index (χ0n) is 4.46. The number of aliphatic hydroxyl groups excluding tert-OH is 1. The summed E-state index contributed by atoms with van der Waals surface area (Å²) in [6, 6.07) is 0. The molecule has 0 saturated carbocycles. The van der Waals surface area contributed by atoms with Gasteiger partial charge in [0.1, 0.15) is 0 Å². The third kappa shape index (κ3) is 4.75. The summed E-state index contributed by atoms with van der Waals surface area (Å²) in [5.74, 6) is -0.267. The molecule has 0 aromatic rings. The van der Waals surface area contributed by atoms with Crippen molar-refractivity contribution in [2.45, 2.75) is 0 Å². The van der Waals surface area contributed by atoms with Gasteiger partial charge in [0.2, 0.25) is 5.88 Å². The van der Waals surface area contributed by atoms with E-state index in [1.54, 1.807) is 0 Å². The van der Waals surface area contributed by atoms with Gasteiger partial charge in [-0.15, -0.1) is 0 Å². The smallest absolute Gasteiger partial charge is 0.203 e. The summed E-state index contributed by atoms with van der Waals surface area (Å²) in [6.07, 6.45) is 1.22. The van der Waals surface area contributed by atoms with Crippen molar-refractivity contribution in [2.24, 2.45) is 10.7 Å². The summed E-state index contributed by atoms with van der Waals surface area (Å²) in [4.78, 5) is 3.34. The van der Waals surface area contributed by atoms with E-state index < -0.39 is 0 Å². The second kappa shape index (κ2) is 2.85. The van der Waals surface area contributed by atoms with Crippen LogP contribution in [0.1, 0.15) is 0 Å². The van der Waals surface area contributed by atoms with Crippen molar-refractivity contribution in [1.29, 1.82) is 0 Å². The van der Waals surface area contributed by atoms with Gasteiger partial charge in [0.05, 0.1) is 6.21 Å². The van der Waals surface area contributed by atoms with Gasteiger partial charge in [-0.1, -0.05) is 6.58 Å². The van der Waals surface area contributed by atoms with Crippen LogP contribution >= 0.6 is 0 Å². The standard InChI is InChI=1S/C5H8N2O/c1-4(6)3-7-5(2)8/h3,8H,1-2,6H2/b7-3-. The molecular formula is C5H8N2O. The van der Waals surface area contributed by atoms with E-state index in [2.05, 4.69) is 18.2 Å². The van der Waals surface area contributed by atoms with Gasteiger partial charge in [-0.3, -0.25) is 0 Å². The lowest BCUT2D eigenvalue weighted by molar-refractivity contribution is 0.410. The average Bonchev–Trinajstić information content (AvgIpc) is 1.61. The van der Waals surface area contributed by atoms with Gasteiger partial charge < -0.3 is 10.8 Å². The molecule has 3 heteroatoms. The van der Waals surface area contributed by atoms with E-state index in [0.29, 0.717) is 5.70 Å². The van der Waals surface area contributed by atoms with Crippen molar-refractivity contribution in [1.82, 2.24) is 0 Å². The molecule has 0 aromatic carbocycles. The summed E-state index contributed by atoms with van der Waals surface area (Å²) in [5.41, 5.74) is 5.34. The molecule has 0 rings (SSSR count). The summed E-state index contributed by atoms with van der Waals surface area (Å²) >= 11 is 0. The van der Waals surface area contributed by atoms with Crippen molar-refractivity contribution in [2.75, 3.05) is 0 Å². The molecule has 0 aliphatic heterocycles. The number of rotatable bonds is 2. The van der Waals surface area contributed by atoms with Crippen LogP contribution in [-0.4, -0.2) is 11.3 Å². The molecule has 0 fully saturated rings. The highest BCUT2D eigenvalue weighted by Crippen LogP contribution is 1.81. The predicted molar refractivity (Wildman–Crippen MR) is 33.6 cm³/mol. The lowest BCUT2D eigenvalue weighted by Crippen LogP contribution is -1.94. The van der Waals surface area contributed by atoms with E-state index in [-0.39, 0.29) is 5.88 Å². The minimum atomic E-state index is -0.267. The van der Waals surface area contributed by atoms with Crippen molar-refractivity contribution < 1.29 is 5.11 Å². The molecule has 0 aromatic heterocycles. The Kier molecular flexibility index (Phi) is 2.40. The normalized spacial score (nSPS) is 9.50. The molecule has 44 valence electrons. The number of aliphatic imine (C=N–C) groups is 1. The first-order chi connectivity index (χ1) is 3.63. The molecule has 0 aliphatic rings. The number of hydrogen-bond acceptors (Lipinski definition) is 3. The van der Waals surface area contributed by atoms with Crippen molar-refractivity contribution in [3.05, 3.63) is 24.7 Å². The van der Waals surface area contributed by atoms with Crippen LogP contribution in [0.2, 0.25) is 0 Å². The van der Waals surface area contributed by atoms with Gasteiger partial charge in [0.25, 0.3) is 0 Å². The minimum absolute atomic E-state index is 0.267. The Morgan fingerprint density at radius 2 is 2.12 bits per heavy atom. The lowest BCUT2D eigenvalue weighted by atomic mass is 10.6. The highest BCUT2D eigenvalue weighted by atomic mass is 16.3. The van der Waals surface area contributed by atoms with Crippen LogP contribution in [0.25, 0.3) is 0 Å². The monoisotopic (exact) mass is 112 g/mol. The number of allylic oxidation sites excluding steroid dienone is 1. The molecule has 0 saturated heterocycles. The molecule has 0 heterocycles. The number of nitrogens with two attached hydrogens (primary N) is 1. The first-order valence-electron chi connectivity index (χ1n) is 1.99. The third-order valence-electron chi connectivity index (χ3n) is 0.379. The number of nitrogens with zero attached hydrogens (tertiary/aromatic N) is 1. The van der Waals surface area contributed by atoms with E-state index in [1.807, 2.05) is 0 Å². The first-order valence-corrected chi connectivity index (χ1v) is 1.99. The highest BCUT2D eigenvalue weighted by Gasteiger charge is 1.75. The fourth-order valence-electron chi connectivity index (χ4n) is 0.157. The Hall–Kier alpha value is -1.25. The molecule has 8 heavy (non-hydrogen) atoms. The first kappa shape index (κ1) is 6.75. The minimum Gasteiger partial charge on any atom is -0.494 e. The maximum atomic E-state index is 8.31. The van der Waals surface area contributed by atoms with Crippen LogP contribution in [0.3, 0.4) is 0 Å². The van der Waals surface area contributed by atoms with Gasteiger partial charge >= 0.3 is 0 Å². The van der Waals surface area contributed by atoms with Crippen LogP contribution in [-0.2, 0) is 0 Å². The van der Waals surface area contributed by atoms with Crippen LogP contribution < -0.4 is 5.73 Å². The second-order valence-corrected chi connectivity index (χ2v) is 1.25. The van der Waals surface area contributed by atoms with Crippen molar-refractivity contribution in [3.63, 3.8) is 0 Å². The lowest BCUT2D eigenvalue weighted by Gasteiger charge is -1.84. The predicted octanol–water partition coefficient (Wildman–Crippen LogP) is 0.559. The van der Waals surface area contributed by atoms with E-state index in [9.17, 15) is 0 Å². The third-order valence-corrected chi connectivity index (χ3v) is 0.379. The Morgan fingerprint density at radius 3 is 2.25 bits per heavy atom. The molecular weight excluding hydrogens is 104 g/mol. The van der Waals surface area contributed by atoms with E-state index in [1.165, 1.54) is 6.21 Å². The molecule has 0 bridgehead atoms. The highest BCUT2D eigenvalue weighted by molar-refractivity contribution is 5.76.